The van der Waals surface area contributed by atoms with Crippen molar-refractivity contribution in [2.24, 2.45) is 5.41 Å². The molecule has 0 aliphatic heterocycles. The summed E-state index contributed by atoms with van der Waals surface area (Å²) in [5.41, 5.74) is 1.97. The molecule has 0 atom stereocenters. The standard InChI is InChI=1S/C16H28N2S/c1-5-16(8-6-7-9-16)12-17-10-14-18-13(11-19-14)15(2,3)4/h11,17H,5-10,12H2,1-4H3. The quantitative estimate of drug-likeness (QED) is 0.859. The maximum Gasteiger partial charge on any atom is 0.107 e. The third kappa shape index (κ3) is 3.79. The minimum Gasteiger partial charge on any atom is -0.310 e. The first-order valence-corrected chi connectivity index (χ1v) is 8.49. The van der Waals surface area contributed by atoms with Crippen LogP contribution in [0.15, 0.2) is 5.38 Å². The molecule has 0 radical (unpaired) electrons. The summed E-state index contributed by atoms with van der Waals surface area (Å²) in [6.07, 6.45) is 6.95. The smallest absolute Gasteiger partial charge is 0.107 e. The van der Waals surface area contributed by atoms with Crippen molar-refractivity contribution in [2.75, 3.05) is 6.54 Å². The topological polar surface area (TPSA) is 24.9 Å². The summed E-state index contributed by atoms with van der Waals surface area (Å²) in [6.45, 7) is 11.1. The Hall–Kier alpha value is -0.410. The fraction of sp³-hybridized carbons (Fsp3) is 0.812. The minimum absolute atomic E-state index is 0.171. The Labute approximate surface area is 122 Å². The highest BCUT2D eigenvalue weighted by Crippen LogP contribution is 2.40. The van der Waals surface area contributed by atoms with Crippen molar-refractivity contribution < 1.29 is 0 Å². The minimum atomic E-state index is 0.171. The van der Waals surface area contributed by atoms with Crippen LogP contribution in [-0.2, 0) is 12.0 Å². The van der Waals surface area contributed by atoms with Gasteiger partial charge in [-0.15, -0.1) is 11.3 Å². The zero-order valence-electron chi connectivity index (χ0n) is 12.9. The summed E-state index contributed by atoms with van der Waals surface area (Å²) in [7, 11) is 0. The highest BCUT2D eigenvalue weighted by Gasteiger charge is 2.31. The van der Waals surface area contributed by atoms with Crippen LogP contribution in [-0.4, -0.2) is 11.5 Å². The average Bonchev–Trinajstić information content (AvgIpc) is 2.97. The van der Waals surface area contributed by atoms with Crippen molar-refractivity contribution in [3.63, 3.8) is 0 Å². The van der Waals surface area contributed by atoms with Crippen molar-refractivity contribution >= 4 is 11.3 Å². The lowest BCUT2D eigenvalue weighted by atomic mass is 9.83. The number of aromatic nitrogens is 1. The van der Waals surface area contributed by atoms with Crippen LogP contribution in [0, 0.1) is 5.41 Å². The first kappa shape index (κ1) is 15.0. The van der Waals surface area contributed by atoms with Gasteiger partial charge in [0.1, 0.15) is 5.01 Å². The van der Waals surface area contributed by atoms with Gasteiger partial charge in [-0.1, -0.05) is 40.5 Å². The van der Waals surface area contributed by atoms with Crippen LogP contribution < -0.4 is 5.32 Å². The second-order valence-electron chi connectivity index (χ2n) is 7.04. The lowest BCUT2D eigenvalue weighted by molar-refractivity contribution is 0.268. The largest absolute Gasteiger partial charge is 0.310 e. The Kier molecular flexibility index (Phi) is 4.67. The molecule has 0 aromatic carbocycles. The van der Waals surface area contributed by atoms with E-state index in [0.717, 1.165) is 13.1 Å². The zero-order chi connectivity index (χ0) is 13.9. The van der Waals surface area contributed by atoms with Gasteiger partial charge < -0.3 is 5.32 Å². The van der Waals surface area contributed by atoms with E-state index in [2.05, 4.69) is 38.4 Å². The van der Waals surface area contributed by atoms with E-state index in [1.54, 1.807) is 11.3 Å². The van der Waals surface area contributed by atoms with E-state index in [1.165, 1.54) is 42.8 Å². The Balaban J connectivity index is 1.84. The molecule has 0 spiro atoms. The van der Waals surface area contributed by atoms with Crippen molar-refractivity contribution in [2.45, 2.75) is 71.8 Å². The van der Waals surface area contributed by atoms with Crippen molar-refractivity contribution in [3.05, 3.63) is 16.1 Å². The van der Waals surface area contributed by atoms with E-state index >= 15 is 0 Å². The molecule has 1 aliphatic carbocycles. The molecular weight excluding hydrogens is 252 g/mol. The van der Waals surface area contributed by atoms with Gasteiger partial charge in [0.05, 0.1) is 5.69 Å². The Morgan fingerprint density at radius 2 is 2.00 bits per heavy atom. The molecule has 2 rings (SSSR count). The number of rotatable bonds is 5. The molecule has 1 heterocycles. The van der Waals surface area contributed by atoms with Gasteiger partial charge in [0, 0.05) is 23.9 Å². The second-order valence-corrected chi connectivity index (χ2v) is 7.98. The highest BCUT2D eigenvalue weighted by atomic mass is 32.1. The number of thiazole rings is 1. The third-order valence-electron chi connectivity index (χ3n) is 4.51. The predicted octanol–water partition coefficient (Wildman–Crippen LogP) is 4.50. The highest BCUT2D eigenvalue weighted by molar-refractivity contribution is 7.09. The van der Waals surface area contributed by atoms with Crippen molar-refractivity contribution in [1.29, 1.82) is 0 Å². The van der Waals surface area contributed by atoms with Crippen molar-refractivity contribution in [3.8, 4) is 0 Å². The SMILES string of the molecule is CCC1(CNCc2nc(C(C)(C)C)cs2)CCCC1. The molecule has 0 amide bonds. The molecule has 3 heteroatoms. The molecule has 1 aromatic heterocycles. The summed E-state index contributed by atoms with van der Waals surface area (Å²) < 4.78 is 0. The van der Waals surface area contributed by atoms with E-state index in [9.17, 15) is 0 Å². The molecule has 108 valence electrons. The summed E-state index contributed by atoms with van der Waals surface area (Å²) in [6, 6.07) is 0. The first-order chi connectivity index (χ1) is 8.95. The van der Waals surface area contributed by atoms with Crippen LogP contribution in [0.1, 0.15) is 70.5 Å². The monoisotopic (exact) mass is 280 g/mol. The molecular formula is C16H28N2S. The average molecular weight is 280 g/mol. The summed E-state index contributed by atoms with van der Waals surface area (Å²) in [5.74, 6) is 0. The summed E-state index contributed by atoms with van der Waals surface area (Å²) in [4.78, 5) is 4.75. The molecule has 0 saturated heterocycles. The van der Waals surface area contributed by atoms with Gasteiger partial charge in [-0.25, -0.2) is 4.98 Å². The van der Waals surface area contributed by atoms with Crippen LogP contribution in [0.3, 0.4) is 0 Å². The molecule has 2 nitrogen and oxygen atoms in total. The Bertz CT molecular complexity index is 397. The fourth-order valence-corrected chi connectivity index (χ4v) is 3.94. The lowest BCUT2D eigenvalue weighted by Crippen LogP contribution is -2.31. The third-order valence-corrected chi connectivity index (χ3v) is 5.36. The van der Waals surface area contributed by atoms with E-state index in [4.69, 9.17) is 4.98 Å². The summed E-state index contributed by atoms with van der Waals surface area (Å²) in [5, 5.41) is 7.09. The van der Waals surface area contributed by atoms with Gasteiger partial charge in [-0.2, -0.15) is 0 Å². The number of nitrogens with one attached hydrogen (secondary N) is 1. The molecule has 1 fully saturated rings. The van der Waals surface area contributed by atoms with Gasteiger partial charge in [0.25, 0.3) is 0 Å². The van der Waals surface area contributed by atoms with Crippen LogP contribution >= 0.6 is 11.3 Å². The number of hydrogen-bond acceptors (Lipinski definition) is 3. The Morgan fingerprint density at radius 3 is 2.53 bits per heavy atom. The zero-order valence-corrected chi connectivity index (χ0v) is 13.7. The van der Waals surface area contributed by atoms with Gasteiger partial charge in [0.15, 0.2) is 0 Å². The van der Waals surface area contributed by atoms with Crippen molar-refractivity contribution in [1.82, 2.24) is 10.3 Å². The molecule has 0 unspecified atom stereocenters. The van der Waals surface area contributed by atoms with Gasteiger partial charge in [-0.05, 0) is 24.7 Å². The van der Waals surface area contributed by atoms with E-state index in [1.807, 2.05) is 0 Å². The fourth-order valence-electron chi connectivity index (χ4n) is 2.95. The maximum absolute atomic E-state index is 4.75. The van der Waals surface area contributed by atoms with E-state index in [-0.39, 0.29) is 5.41 Å². The van der Waals surface area contributed by atoms with E-state index in [0.29, 0.717) is 5.41 Å². The van der Waals surface area contributed by atoms with Crippen LogP contribution in [0.2, 0.25) is 0 Å². The van der Waals surface area contributed by atoms with Gasteiger partial charge in [-0.3, -0.25) is 0 Å². The van der Waals surface area contributed by atoms with Crippen LogP contribution in [0.5, 0.6) is 0 Å². The lowest BCUT2D eigenvalue weighted by Gasteiger charge is -2.27. The molecule has 1 aliphatic rings. The van der Waals surface area contributed by atoms with Crippen LogP contribution in [0.4, 0.5) is 0 Å². The molecule has 1 aromatic rings. The molecule has 1 N–H and O–H groups in total. The van der Waals surface area contributed by atoms with Crippen LogP contribution in [0.25, 0.3) is 0 Å². The molecule has 1 saturated carbocycles. The van der Waals surface area contributed by atoms with Gasteiger partial charge >= 0.3 is 0 Å². The molecule has 0 bridgehead atoms. The number of nitrogens with zero attached hydrogens (tertiary/aromatic N) is 1. The second kappa shape index (κ2) is 5.92. The van der Waals surface area contributed by atoms with E-state index < -0.39 is 0 Å². The summed E-state index contributed by atoms with van der Waals surface area (Å²) >= 11 is 1.79. The molecule has 19 heavy (non-hydrogen) atoms. The Morgan fingerprint density at radius 1 is 1.32 bits per heavy atom. The first-order valence-electron chi connectivity index (χ1n) is 7.61. The number of hydrogen-bond donors (Lipinski definition) is 1. The van der Waals surface area contributed by atoms with Gasteiger partial charge in [0.2, 0.25) is 0 Å². The maximum atomic E-state index is 4.75. The normalized spacial score (nSPS) is 18.9. The predicted molar refractivity (Wildman–Crippen MR) is 83.7 cm³/mol.